The van der Waals surface area contributed by atoms with Crippen LogP contribution in [-0.4, -0.2) is 49.3 Å². The minimum atomic E-state index is -4.36. The largest absolute Gasteiger partial charge is 0.472 e. The topological polar surface area (TPSA) is 134 Å². The summed E-state index contributed by atoms with van der Waals surface area (Å²) >= 11 is 0. The maximum atomic E-state index is 12.5. The fourth-order valence-electron chi connectivity index (χ4n) is 5.10. The van der Waals surface area contributed by atoms with Gasteiger partial charge in [-0.3, -0.25) is 18.6 Å². The highest BCUT2D eigenvalue weighted by Crippen LogP contribution is 2.43. The molecule has 0 radical (unpaired) electrons. The van der Waals surface area contributed by atoms with Crippen molar-refractivity contribution in [2.75, 3.05) is 26.4 Å². The fourth-order valence-corrected chi connectivity index (χ4v) is 5.86. The number of nitrogens with two attached hydrogens (primary N) is 1. The van der Waals surface area contributed by atoms with Crippen LogP contribution >= 0.6 is 7.82 Å². The Morgan fingerprint density at radius 3 is 1.57 bits per heavy atom. The molecular weight excluding hydrogens is 605 g/mol. The van der Waals surface area contributed by atoms with Crippen molar-refractivity contribution in [1.82, 2.24) is 0 Å². The zero-order chi connectivity index (χ0) is 34.0. The van der Waals surface area contributed by atoms with Crippen LogP contribution in [0.1, 0.15) is 174 Å². The average molecular weight is 676 g/mol. The van der Waals surface area contributed by atoms with E-state index < -0.39 is 26.5 Å². The summed E-state index contributed by atoms with van der Waals surface area (Å²) in [4.78, 5) is 34.6. The lowest BCUT2D eigenvalue weighted by molar-refractivity contribution is -0.161. The van der Waals surface area contributed by atoms with Gasteiger partial charge in [-0.1, -0.05) is 135 Å². The van der Waals surface area contributed by atoms with E-state index >= 15 is 0 Å². The van der Waals surface area contributed by atoms with Crippen molar-refractivity contribution >= 4 is 19.8 Å². The van der Waals surface area contributed by atoms with Crippen LogP contribution in [0.4, 0.5) is 0 Å². The standard InChI is InChI=1S/C36H70NO8P/c1-3-5-7-9-11-13-15-17-19-21-23-25-27-29-36(39)45-34(33-44-46(40,41)43-31-30-37)32-42-35(38)28-26-24-22-20-18-16-14-12-10-8-6-4-2/h13,15,34H,3-12,14,16-33,37H2,1-2H3,(H,40,41). The van der Waals surface area contributed by atoms with Gasteiger partial charge in [0.25, 0.3) is 0 Å². The number of unbranched alkanes of at least 4 members (excludes halogenated alkanes) is 20. The number of rotatable bonds is 35. The van der Waals surface area contributed by atoms with Gasteiger partial charge in [0.05, 0.1) is 13.2 Å². The van der Waals surface area contributed by atoms with Crippen molar-refractivity contribution in [2.24, 2.45) is 5.73 Å². The predicted octanol–water partition coefficient (Wildman–Crippen LogP) is 9.88. The molecule has 2 atom stereocenters. The van der Waals surface area contributed by atoms with Crippen molar-refractivity contribution in [3.05, 3.63) is 12.2 Å². The van der Waals surface area contributed by atoms with Crippen LogP contribution in [0, 0.1) is 0 Å². The molecule has 10 heteroatoms. The van der Waals surface area contributed by atoms with Gasteiger partial charge in [0.15, 0.2) is 6.10 Å². The number of carbonyl (C=O) groups excluding carboxylic acids is 2. The Hall–Kier alpha value is -1.25. The molecule has 0 fully saturated rings. The van der Waals surface area contributed by atoms with Gasteiger partial charge in [0.1, 0.15) is 6.61 Å². The second-order valence-electron chi connectivity index (χ2n) is 12.4. The molecule has 3 N–H and O–H groups in total. The molecule has 0 saturated carbocycles. The highest BCUT2D eigenvalue weighted by molar-refractivity contribution is 7.47. The third kappa shape index (κ3) is 32.7. The van der Waals surface area contributed by atoms with E-state index in [0.717, 1.165) is 51.4 Å². The second kappa shape index (κ2) is 33.6. The van der Waals surface area contributed by atoms with Crippen molar-refractivity contribution in [3.8, 4) is 0 Å². The first-order valence-electron chi connectivity index (χ1n) is 18.7. The number of carbonyl (C=O) groups is 2. The summed E-state index contributed by atoms with van der Waals surface area (Å²) in [5, 5.41) is 0. The van der Waals surface area contributed by atoms with E-state index in [0.29, 0.717) is 6.42 Å². The molecule has 272 valence electrons. The van der Waals surface area contributed by atoms with Gasteiger partial charge in [-0.05, 0) is 38.5 Å². The molecule has 0 heterocycles. The van der Waals surface area contributed by atoms with Crippen LogP contribution in [0.15, 0.2) is 12.2 Å². The lowest BCUT2D eigenvalue weighted by Crippen LogP contribution is -2.29. The number of phosphoric acid groups is 1. The van der Waals surface area contributed by atoms with Gasteiger partial charge < -0.3 is 20.1 Å². The maximum absolute atomic E-state index is 12.5. The first-order chi connectivity index (χ1) is 22.3. The zero-order valence-corrected chi connectivity index (χ0v) is 30.5. The van der Waals surface area contributed by atoms with Crippen LogP contribution in [0.2, 0.25) is 0 Å². The quantitative estimate of drug-likeness (QED) is 0.0291. The molecule has 0 rings (SSSR count). The Kier molecular flexibility index (Phi) is 32.7. The summed E-state index contributed by atoms with van der Waals surface area (Å²) in [5.41, 5.74) is 5.32. The number of allylic oxidation sites excluding steroid dienone is 2. The summed E-state index contributed by atoms with van der Waals surface area (Å²) in [6, 6.07) is 0. The normalized spacial score (nSPS) is 13.6. The van der Waals surface area contributed by atoms with Crippen molar-refractivity contribution in [2.45, 2.75) is 180 Å². The highest BCUT2D eigenvalue weighted by atomic mass is 31.2. The fraction of sp³-hybridized carbons (Fsp3) is 0.889. The molecule has 0 aromatic rings. The molecule has 46 heavy (non-hydrogen) atoms. The third-order valence-corrected chi connectivity index (χ3v) is 8.89. The Morgan fingerprint density at radius 2 is 1.07 bits per heavy atom. The Bertz CT molecular complexity index is 779. The van der Waals surface area contributed by atoms with E-state index in [-0.39, 0.29) is 38.6 Å². The Balaban J connectivity index is 4.24. The highest BCUT2D eigenvalue weighted by Gasteiger charge is 2.25. The van der Waals surface area contributed by atoms with Crippen molar-refractivity contribution < 1.29 is 37.6 Å². The SMILES string of the molecule is CCCCCCC=CCCCCCCCC(=O)OC(COC(=O)CCCCCCCCCCCCCC)COP(=O)(O)OCCN. The maximum Gasteiger partial charge on any atom is 0.472 e. The monoisotopic (exact) mass is 675 g/mol. The molecule has 0 bridgehead atoms. The Labute approximate surface area is 281 Å². The molecule has 0 aliphatic rings. The number of esters is 2. The van der Waals surface area contributed by atoms with E-state index in [2.05, 4.69) is 26.0 Å². The molecule has 0 saturated heterocycles. The Morgan fingerprint density at radius 1 is 0.630 bits per heavy atom. The molecule has 0 aliphatic heterocycles. The van der Waals surface area contributed by atoms with E-state index in [1.54, 1.807) is 0 Å². The van der Waals surface area contributed by atoms with Crippen LogP contribution in [0.3, 0.4) is 0 Å². The smallest absolute Gasteiger partial charge is 0.462 e. The van der Waals surface area contributed by atoms with Gasteiger partial charge in [0.2, 0.25) is 0 Å². The average Bonchev–Trinajstić information content (AvgIpc) is 3.04. The van der Waals surface area contributed by atoms with Gasteiger partial charge in [-0.2, -0.15) is 0 Å². The molecule has 0 spiro atoms. The molecule has 2 unspecified atom stereocenters. The molecule has 0 amide bonds. The molecule has 9 nitrogen and oxygen atoms in total. The molecular formula is C36H70NO8P. The summed E-state index contributed by atoms with van der Waals surface area (Å²) in [6.07, 6.45) is 30.9. The lowest BCUT2D eigenvalue weighted by atomic mass is 10.0. The summed E-state index contributed by atoms with van der Waals surface area (Å²) in [7, 11) is -4.36. The predicted molar refractivity (Wildman–Crippen MR) is 188 cm³/mol. The summed E-state index contributed by atoms with van der Waals surface area (Å²) in [5.74, 6) is -0.835. The van der Waals surface area contributed by atoms with E-state index in [1.165, 1.54) is 89.9 Å². The van der Waals surface area contributed by atoms with Gasteiger partial charge in [0, 0.05) is 19.4 Å². The minimum absolute atomic E-state index is 0.0545. The third-order valence-electron chi connectivity index (χ3n) is 7.90. The molecule has 0 aliphatic carbocycles. The van der Waals surface area contributed by atoms with Crippen LogP contribution < -0.4 is 5.73 Å². The van der Waals surface area contributed by atoms with Gasteiger partial charge in [-0.15, -0.1) is 0 Å². The van der Waals surface area contributed by atoms with Gasteiger partial charge in [-0.25, -0.2) is 4.57 Å². The lowest BCUT2D eigenvalue weighted by Gasteiger charge is -2.19. The van der Waals surface area contributed by atoms with Crippen LogP contribution in [0.25, 0.3) is 0 Å². The number of hydrogen-bond donors (Lipinski definition) is 2. The van der Waals surface area contributed by atoms with Gasteiger partial charge >= 0.3 is 19.8 Å². The molecule has 0 aromatic heterocycles. The van der Waals surface area contributed by atoms with Crippen LogP contribution in [-0.2, 0) is 32.7 Å². The number of ether oxygens (including phenoxy) is 2. The number of phosphoric ester groups is 1. The van der Waals surface area contributed by atoms with Crippen molar-refractivity contribution in [3.63, 3.8) is 0 Å². The number of hydrogen-bond acceptors (Lipinski definition) is 8. The first-order valence-corrected chi connectivity index (χ1v) is 20.2. The zero-order valence-electron chi connectivity index (χ0n) is 29.6. The second-order valence-corrected chi connectivity index (χ2v) is 13.9. The van der Waals surface area contributed by atoms with E-state index in [4.69, 9.17) is 24.3 Å². The summed E-state index contributed by atoms with van der Waals surface area (Å²) < 4.78 is 32.6. The van der Waals surface area contributed by atoms with Crippen molar-refractivity contribution in [1.29, 1.82) is 0 Å². The van der Waals surface area contributed by atoms with Crippen LogP contribution in [0.5, 0.6) is 0 Å². The molecule has 0 aromatic carbocycles. The summed E-state index contributed by atoms with van der Waals surface area (Å²) in [6.45, 7) is 3.70. The van der Waals surface area contributed by atoms with E-state index in [1.807, 2.05) is 0 Å². The minimum Gasteiger partial charge on any atom is -0.462 e. The van der Waals surface area contributed by atoms with E-state index in [9.17, 15) is 19.0 Å². The first kappa shape index (κ1) is 44.8.